The fraction of sp³-hybridized carbons (Fsp3) is 0.625. The predicted molar refractivity (Wildman–Crippen MR) is 98.6 cm³/mol. The van der Waals surface area contributed by atoms with Gasteiger partial charge in [0, 0.05) is 37.8 Å². The number of ether oxygens (including phenoxy) is 1. The molecular weight excluding hydrogens is 348 g/mol. The normalized spacial score (nSPS) is 12.4. The Morgan fingerprint density at radius 1 is 1.43 bits per heavy atom. The van der Waals surface area contributed by atoms with Gasteiger partial charge in [-0.1, -0.05) is 6.07 Å². The number of halogens is 1. The molecule has 0 aliphatic carbocycles. The lowest BCUT2D eigenvalue weighted by molar-refractivity contribution is 0.199. The molecule has 1 aromatic rings. The summed E-state index contributed by atoms with van der Waals surface area (Å²) in [5, 5.41) is 3.37. The molecule has 0 radical (unpaired) electrons. The summed E-state index contributed by atoms with van der Waals surface area (Å²) in [6, 6.07) is 7.14. The van der Waals surface area contributed by atoms with Crippen LogP contribution in [0.4, 0.5) is 5.69 Å². The first kappa shape index (κ1) is 18.8. The van der Waals surface area contributed by atoms with Crippen molar-refractivity contribution in [3.05, 3.63) is 28.2 Å². The Labute approximate surface area is 141 Å². The molecule has 0 saturated carbocycles. The van der Waals surface area contributed by atoms with E-state index in [0.717, 1.165) is 24.2 Å². The van der Waals surface area contributed by atoms with Gasteiger partial charge < -0.3 is 15.0 Å². The molecule has 0 saturated heterocycles. The maximum Gasteiger partial charge on any atom is 0.0587 e. The van der Waals surface area contributed by atoms with Crippen molar-refractivity contribution in [3.63, 3.8) is 0 Å². The average molecular weight is 375 g/mol. The number of hydrogen-bond donors (Lipinski definition) is 1. The highest BCUT2D eigenvalue weighted by molar-refractivity contribution is 9.10. The van der Waals surface area contributed by atoms with E-state index < -0.39 is 0 Å². The third-order valence-electron chi connectivity index (χ3n) is 3.61. The van der Waals surface area contributed by atoms with Crippen LogP contribution in [0.1, 0.15) is 18.9 Å². The quantitative estimate of drug-likeness (QED) is 0.630. The van der Waals surface area contributed by atoms with Crippen LogP contribution in [0.2, 0.25) is 0 Å². The first-order valence-electron chi connectivity index (χ1n) is 7.30. The van der Waals surface area contributed by atoms with Crippen molar-refractivity contribution in [2.75, 3.05) is 44.2 Å². The Hall–Kier alpha value is -0.230. The summed E-state index contributed by atoms with van der Waals surface area (Å²) in [5.41, 5.74) is 2.54. The molecule has 0 heterocycles. The minimum atomic E-state index is 0.541. The minimum absolute atomic E-state index is 0.541. The summed E-state index contributed by atoms with van der Waals surface area (Å²) < 4.78 is 6.19. The van der Waals surface area contributed by atoms with Crippen molar-refractivity contribution in [1.82, 2.24) is 5.32 Å². The summed E-state index contributed by atoms with van der Waals surface area (Å²) in [6.07, 6.45) is 3.36. The maximum atomic E-state index is 5.03. The van der Waals surface area contributed by atoms with Crippen molar-refractivity contribution < 1.29 is 4.74 Å². The van der Waals surface area contributed by atoms with Gasteiger partial charge in [-0.3, -0.25) is 0 Å². The molecule has 1 N–H and O–H groups in total. The van der Waals surface area contributed by atoms with E-state index in [9.17, 15) is 0 Å². The predicted octanol–water partition coefficient (Wildman–Crippen LogP) is 3.76. The fourth-order valence-electron chi connectivity index (χ4n) is 2.07. The van der Waals surface area contributed by atoms with Gasteiger partial charge in [-0.15, -0.1) is 0 Å². The van der Waals surface area contributed by atoms with E-state index in [4.69, 9.17) is 4.74 Å². The summed E-state index contributed by atoms with van der Waals surface area (Å²) in [4.78, 5) is 2.35. The van der Waals surface area contributed by atoms with Crippen molar-refractivity contribution in [1.29, 1.82) is 0 Å². The molecule has 3 nitrogen and oxygen atoms in total. The second-order valence-electron chi connectivity index (χ2n) is 5.20. The number of rotatable bonds is 10. The molecule has 0 aliphatic rings. The zero-order valence-electron chi connectivity index (χ0n) is 13.5. The SMILES string of the molecule is COCCNCc1ccc(N(C)C(C)CCSC)c(Br)c1. The van der Waals surface area contributed by atoms with Gasteiger partial charge >= 0.3 is 0 Å². The topological polar surface area (TPSA) is 24.5 Å². The van der Waals surface area contributed by atoms with Crippen LogP contribution >= 0.6 is 27.7 Å². The number of anilines is 1. The van der Waals surface area contributed by atoms with E-state index >= 15 is 0 Å². The van der Waals surface area contributed by atoms with Crippen LogP contribution in [0.3, 0.4) is 0 Å². The third-order valence-corrected chi connectivity index (χ3v) is 4.88. The van der Waals surface area contributed by atoms with Crippen LogP contribution in [0.15, 0.2) is 22.7 Å². The van der Waals surface area contributed by atoms with Gasteiger partial charge in [-0.2, -0.15) is 11.8 Å². The van der Waals surface area contributed by atoms with Gasteiger partial charge in [0.05, 0.1) is 12.3 Å². The fourth-order valence-corrected chi connectivity index (χ4v) is 3.36. The van der Waals surface area contributed by atoms with Crippen LogP contribution in [-0.2, 0) is 11.3 Å². The van der Waals surface area contributed by atoms with Crippen molar-refractivity contribution in [3.8, 4) is 0 Å². The van der Waals surface area contributed by atoms with Crippen LogP contribution in [-0.4, -0.2) is 45.4 Å². The van der Waals surface area contributed by atoms with Gasteiger partial charge in [0.25, 0.3) is 0 Å². The van der Waals surface area contributed by atoms with Crippen molar-refractivity contribution in [2.45, 2.75) is 25.9 Å². The molecule has 1 atom stereocenters. The van der Waals surface area contributed by atoms with Crippen LogP contribution in [0.25, 0.3) is 0 Å². The summed E-state index contributed by atoms with van der Waals surface area (Å²) >= 11 is 5.61. The summed E-state index contributed by atoms with van der Waals surface area (Å²) in [5.74, 6) is 1.20. The Balaban J connectivity index is 2.60. The van der Waals surface area contributed by atoms with E-state index in [1.165, 1.54) is 23.4 Å². The number of methoxy groups -OCH3 is 1. The Morgan fingerprint density at radius 2 is 2.19 bits per heavy atom. The summed E-state index contributed by atoms with van der Waals surface area (Å²) in [6.45, 7) is 4.77. The largest absolute Gasteiger partial charge is 0.383 e. The molecular formula is C16H27BrN2OS. The minimum Gasteiger partial charge on any atom is -0.383 e. The Morgan fingerprint density at radius 3 is 2.81 bits per heavy atom. The molecule has 0 amide bonds. The van der Waals surface area contributed by atoms with Crippen LogP contribution < -0.4 is 10.2 Å². The second kappa shape index (κ2) is 10.5. The van der Waals surface area contributed by atoms with Crippen LogP contribution in [0.5, 0.6) is 0 Å². The molecule has 1 aromatic carbocycles. The first-order valence-corrected chi connectivity index (χ1v) is 9.48. The molecule has 0 aromatic heterocycles. The van der Waals surface area contributed by atoms with E-state index in [0.29, 0.717) is 6.04 Å². The zero-order chi connectivity index (χ0) is 15.7. The van der Waals surface area contributed by atoms with Gasteiger partial charge in [-0.05, 0) is 59.0 Å². The molecule has 5 heteroatoms. The second-order valence-corrected chi connectivity index (χ2v) is 7.04. The maximum absolute atomic E-state index is 5.03. The lowest BCUT2D eigenvalue weighted by Gasteiger charge is -2.28. The van der Waals surface area contributed by atoms with Crippen molar-refractivity contribution >= 4 is 33.4 Å². The average Bonchev–Trinajstić information content (AvgIpc) is 2.48. The molecule has 1 unspecified atom stereocenters. The number of nitrogens with zero attached hydrogens (tertiary/aromatic N) is 1. The smallest absolute Gasteiger partial charge is 0.0587 e. The highest BCUT2D eigenvalue weighted by Gasteiger charge is 2.12. The van der Waals surface area contributed by atoms with Crippen molar-refractivity contribution in [2.24, 2.45) is 0 Å². The monoisotopic (exact) mass is 374 g/mol. The number of nitrogens with one attached hydrogen (secondary N) is 1. The third kappa shape index (κ3) is 6.59. The molecule has 0 fully saturated rings. The van der Waals surface area contributed by atoms with E-state index in [2.05, 4.69) is 64.6 Å². The van der Waals surface area contributed by atoms with Gasteiger partial charge in [0.1, 0.15) is 0 Å². The van der Waals surface area contributed by atoms with Gasteiger partial charge in [-0.25, -0.2) is 0 Å². The molecule has 0 spiro atoms. The number of hydrogen-bond acceptors (Lipinski definition) is 4. The van der Waals surface area contributed by atoms with E-state index in [-0.39, 0.29) is 0 Å². The molecule has 1 rings (SSSR count). The lowest BCUT2D eigenvalue weighted by atomic mass is 10.1. The molecule has 0 aliphatic heterocycles. The standard InChI is InChI=1S/C16H27BrN2OS/c1-13(7-10-21-4)19(2)16-6-5-14(11-15(16)17)12-18-8-9-20-3/h5-6,11,13,18H,7-10,12H2,1-4H3. The first-order chi connectivity index (χ1) is 10.1. The summed E-state index contributed by atoms with van der Waals surface area (Å²) in [7, 11) is 3.89. The molecule has 120 valence electrons. The Kier molecular flexibility index (Phi) is 9.40. The van der Waals surface area contributed by atoms with E-state index in [1.807, 2.05) is 11.8 Å². The number of thioether (sulfide) groups is 1. The number of benzene rings is 1. The highest BCUT2D eigenvalue weighted by atomic mass is 79.9. The van der Waals surface area contributed by atoms with Crippen LogP contribution in [0, 0.1) is 0 Å². The molecule has 21 heavy (non-hydrogen) atoms. The van der Waals surface area contributed by atoms with Gasteiger partial charge in [0.2, 0.25) is 0 Å². The van der Waals surface area contributed by atoms with E-state index in [1.54, 1.807) is 7.11 Å². The zero-order valence-corrected chi connectivity index (χ0v) is 15.9. The lowest BCUT2D eigenvalue weighted by Crippen LogP contribution is -2.29. The molecule has 0 bridgehead atoms. The highest BCUT2D eigenvalue weighted by Crippen LogP contribution is 2.28. The Bertz CT molecular complexity index is 417. The van der Waals surface area contributed by atoms with Gasteiger partial charge in [0.15, 0.2) is 0 Å².